The molecule has 0 saturated heterocycles. The number of nitrogens with zero attached hydrogens (tertiary/aromatic N) is 2. The van der Waals surface area contributed by atoms with Crippen molar-refractivity contribution in [1.82, 2.24) is 10.2 Å². The predicted molar refractivity (Wildman–Crippen MR) is 151 cm³/mol. The average molecular weight is 574 g/mol. The minimum atomic E-state index is -4.19. The van der Waals surface area contributed by atoms with Crippen LogP contribution in [0.1, 0.15) is 19.4 Å². The molecule has 3 aromatic rings. The number of likely N-dealkylation sites (N-methyl/N-ethyl adjacent to an activating group) is 1. The van der Waals surface area contributed by atoms with Crippen LogP contribution in [0.3, 0.4) is 0 Å². The van der Waals surface area contributed by atoms with Crippen LogP contribution >= 0.6 is 11.6 Å². The van der Waals surface area contributed by atoms with E-state index in [0.717, 1.165) is 4.31 Å². The number of hydrogen-bond donors (Lipinski definition) is 1. The maximum atomic E-state index is 13.8. The van der Waals surface area contributed by atoms with Gasteiger partial charge in [-0.3, -0.25) is 13.9 Å². The van der Waals surface area contributed by atoms with E-state index in [1.807, 2.05) is 6.92 Å². The van der Waals surface area contributed by atoms with Gasteiger partial charge in [0.25, 0.3) is 10.0 Å². The first kappa shape index (κ1) is 29.8. The zero-order valence-corrected chi connectivity index (χ0v) is 23.8. The molecular weight excluding hydrogens is 542 g/mol. The van der Waals surface area contributed by atoms with Crippen molar-refractivity contribution in [3.63, 3.8) is 0 Å². The number of methoxy groups -OCH3 is 1. The van der Waals surface area contributed by atoms with Gasteiger partial charge in [0.1, 0.15) is 24.1 Å². The maximum Gasteiger partial charge on any atom is 0.264 e. The molecular formula is C28H32ClN3O6S. The van der Waals surface area contributed by atoms with Gasteiger partial charge in [-0.15, -0.1) is 0 Å². The lowest BCUT2D eigenvalue weighted by Crippen LogP contribution is -2.50. The number of rotatable bonds is 12. The molecule has 3 aromatic carbocycles. The van der Waals surface area contributed by atoms with Crippen LogP contribution in [-0.2, 0) is 26.2 Å². The first-order valence-electron chi connectivity index (χ1n) is 12.3. The molecule has 0 spiro atoms. The van der Waals surface area contributed by atoms with Crippen LogP contribution < -0.4 is 19.1 Å². The SMILES string of the molecule is CCOc1ccc(N(CC(=O)N(Cc2cccc(OC)c2)C(C)C(=O)NC)S(=O)(=O)c2ccc(Cl)cc2)cc1. The van der Waals surface area contributed by atoms with Crippen LogP contribution in [0.15, 0.2) is 77.7 Å². The van der Waals surface area contributed by atoms with Crippen molar-refractivity contribution >= 4 is 39.1 Å². The second-order valence-corrected chi connectivity index (χ2v) is 10.9. The second-order valence-electron chi connectivity index (χ2n) is 8.56. The van der Waals surface area contributed by atoms with Crippen LogP contribution in [0.2, 0.25) is 5.02 Å². The van der Waals surface area contributed by atoms with Gasteiger partial charge >= 0.3 is 0 Å². The van der Waals surface area contributed by atoms with Gasteiger partial charge in [0.05, 0.1) is 24.3 Å². The fourth-order valence-corrected chi connectivity index (χ4v) is 5.44. The van der Waals surface area contributed by atoms with E-state index in [2.05, 4.69) is 5.32 Å². The van der Waals surface area contributed by atoms with Crippen LogP contribution in [0.4, 0.5) is 5.69 Å². The van der Waals surface area contributed by atoms with E-state index in [4.69, 9.17) is 21.1 Å². The van der Waals surface area contributed by atoms with Gasteiger partial charge in [0.2, 0.25) is 11.8 Å². The van der Waals surface area contributed by atoms with Gasteiger partial charge in [-0.25, -0.2) is 8.42 Å². The number of hydrogen-bond acceptors (Lipinski definition) is 6. The van der Waals surface area contributed by atoms with Gasteiger partial charge in [-0.05, 0) is 80.1 Å². The highest BCUT2D eigenvalue weighted by Crippen LogP contribution is 2.27. The molecule has 0 aromatic heterocycles. The number of halogens is 1. The average Bonchev–Trinajstić information content (AvgIpc) is 2.94. The van der Waals surface area contributed by atoms with Crippen molar-refractivity contribution in [2.24, 2.45) is 0 Å². The fourth-order valence-electron chi connectivity index (χ4n) is 3.90. The molecule has 0 saturated carbocycles. The molecule has 208 valence electrons. The number of benzene rings is 3. The zero-order valence-electron chi connectivity index (χ0n) is 22.3. The molecule has 39 heavy (non-hydrogen) atoms. The first-order valence-corrected chi connectivity index (χ1v) is 14.1. The molecule has 0 aliphatic rings. The molecule has 3 rings (SSSR count). The molecule has 1 atom stereocenters. The highest BCUT2D eigenvalue weighted by molar-refractivity contribution is 7.92. The van der Waals surface area contributed by atoms with Crippen molar-refractivity contribution in [2.75, 3.05) is 31.6 Å². The minimum Gasteiger partial charge on any atom is -0.497 e. The van der Waals surface area contributed by atoms with Crippen LogP contribution in [-0.4, -0.2) is 58.5 Å². The monoisotopic (exact) mass is 573 g/mol. The predicted octanol–water partition coefficient (Wildman–Crippen LogP) is 4.11. The molecule has 2 amide bonds. The third-order valence-electron chi connectivity index (χ3n) is 6.02. The topological polar surface area (TPSA) is 105 Å². The lowest BCUT2D eigenvalue weighted by Gasteiger charge is -2.32. The summed E-state index contributed by atoms with van der Waals surface area (Å²) in [7, 11) is -1.18. The number of amides is 2. The Morgan fingerprint density at radius 2 is 1.67 bits per heavy atom. The molecule has 1 N–H and O–H groups in total. The molecule has 9 nitrogen and oxygen atoms in total. The quantitative estimate of drug-likeness (QED) is 0.350. The third kappa shape index (κ3) is 7.42. The number of carbonyl (C=O) groups excluding carboxylic acids is 2. The summed E-state index contributed by atoms with van der Waals surface area (Å²) in [5.41, 5.74) is 0.974. The van der Waals surface area contributed by atoms with Crippen molar-refractivity contribution in [2.45, 2.75) is 31.3 Å². The summed E-state index contributed by atoms with van der Waals surface area (Å²) in [6.45, 7) is 3.38. The standard InChI is InChI=1S/C28H32ClN3O6S/c1-5-38-24-13-11-23(12-14-24)32(39(35,36)26-15-9-22(29)10-16-26)19-27(33)31(20(2)28(34)30-3)18-21-7-6-8-25(17-21)37-4/h6-17,20H,5,18-19H2,1-4H3,(H,30,34). The summed E-state index contributed by atoms with van der Waals surface area (Å²) < 4.78 is 39.4. The Hall–Kier alpha value is -3.76. The van der Waals surface area contributed by atoms with E-state index in [1.54, 1.807) is 55.5 Å². The Kier molecular flexibility index (Phi) is 10.2. The number of carbonyl (C=O) groups is 2. The maximum absolute atomic E-state index is 13.8. The van der Waals surface area contributed by atoms with E-state index in [0.29, 0.717) is 28.7 Å². The minimum absolute atomic E-state index is 0.0349. The molecule has 0 aliphatic carbocycles. The highest BCUT2D eigenvalue weighted by atomic mass is 35.5. The number of nitrogens with one attached hydrogen (secondary N) is 1. The lowest BCUT2D eigenvalue weighted by molar-refractivity contribution is -0.139. The van der Waals surface area contributed by atoms with Crippen LogP contribution in [0.25, 0.3) is 0 Å². The summed E-state index contributed by atoms with van der Waals surface area (Å²) in [6, 6.07) is 18.3. The molecule has 11 heteroatoms. The molecule has 0 bridgehead atoms. The van der Waals surface area contributed by atoms with Crippen molar-refractivity contribution in [1.29, 1.82) is 0 Å². The molecule has 0 heterocycles. The van der Waals surface area contributed by atoms with Crippen molar-refractivity contribution < 1.29 is 27.5 Å². The molecule has 0 radical (unpaired) electrons. The van der Waals surface area contributed by atoms with Gasteiger partial charge in [0, 0.05) is 18.6 Å². The van der Waals surface area contributed by atoms with E-state index < -0.39 is 28.5 Å². The van der Waals surface area contributed by atoms with Gasteiger partial charge < -0.3 is 19.7 Å². The van der Waals surface area contributed by atoms with Crippen LogP contribution in [0, 0.1) is 0 Å². The number of anilines is 1. The summed E-state index contributed by atoms with van der Waals surface area (Å²) in [5.74, 6) is 0.192. The third-order valence-corrected chi connectivity index (χ3v) is 8.06. The smallest absolute Gasteiger partial charge is 0.264 e. The second kappa shape index (κ2) is 13.3. The van der Waals surface area contributed by atoms with E-state index in [-0.39, 0.29) is 23.0 Å². The summed E-state index contributed by atoms with van der Waals surface area (Å²) in [4.78, 5) is 27.7. The Morgan fingerprint density at radius 3 is 2.26 bits per heavy atom. The summed E-state index contributed by atoms with van der Waals surface area (Å²) in [6.07, 6.45) is 0. The largest absolute Gasteiger partial charge is 0.497 e. The van der Waals surface area contributed by atoms with E-state index in [1.165, 1.54) is 43.3 Å². The van der Waals surface area contributed by atoms with Crippen LogP contribution in [0.5, 0.6) is 11.5 Å². The van der Waals surface area contributed by atoms with Gasteiger partial charge in [-0.1, -0.05) is 23.7 Å². The summed E-state index contributed by atoms with van der Waals surface area (Å²) >= 11 is 5.98. The molecule has 0 fully saturated rings. The lowest BCUT2D eigenvalue weighted by atomic mass is 10.1. The Labute approximate surface area is 234 Å². The normalized spacial score (nSPS) is 11.8. The van der Waals surface area contributed by atoms with E-state index >= 15 is 0 Å². The zero-order chi connectivity index (χ0) is 28.6. The Morgan fingerprint density at radius 1 is 1.00 bits per heavy atom. The summed E-state index contributed by atoms with van der Waals surface area (Å²) in [5, 5.41) is 2.93. The first-order chi connectivity index (χ1) is 18.6. The van der Waals surface area contributed by atoms with Crippen molar-refractivity contribution in [3.05, 3.63) is 83.4 Å². The Bertz CT molecular complexity index is 1380. The Balaban J connectivity index is 2.03. The van der Waals surface area contributed by atoms with Gasteiger partial charge in [-0.2, -0.15) is 0 Å². The van der Waals surface area contributed by atoms with Gasteiger partial charge in [0.15, 0.2) is 0 Å². The number of ether oxygens (including phenoxy) is 2. The van der Waals surface area contributed by atoms with E-state index in [9.17, 15) is 18.0 Å². The van der Waals surface area contributed by atoms with Crippen molar-refractivity contribution in [3.8, 4) is 11.5 Å². The number of sulfonamides is 1. The highest BCUT2D eigenvalue weighted by Gasteiger charge is 2.32. The molecule has 0 aliphatic heterocycles. The molecule has 1 unspecified atom stereocenters. The fraction of sp³-hybridized carbons (Fsp3) is 0.286.